The summed E-state index contributed by atoms with van der Waals surface area (Å²) in [7, 11) is 0. The molecule has 0 bridgehead atoms. The second kappa shape index (κ2) is 5.49. The average Bonchev–Trinajstić information content (AvgIpc) is 2.82. The van der Waals surface area contributed by atoms with Gasteiger partial charge in [-0.15, -0.1) is 21.5 Å². The molecule has 0 atom stereocenters. The van der Waals surface area contributed by atoms with Gasteiger partial charge in [-0.1, -0.05) is 0 Å². The Morgan fingerprint density at radius 1 is 1.35 bits per heavy atom. The minimum absolute atomic E-state index is 0.819. The summed E-state index contributed by atoms with van der Waals surface area (Å²) in [5.74, 6) is 1.71. The van der Waals surface area contributed by atoms with Gasteiger partial charge in [0.25, 0.3) is 0 Å². The van der Waals surface area contributed by atoms with E-state index in [1.165, 1.54) is 0 Å². The van der Waals surface area contributed by atoms with Crippen molar-refractivity contribution >= 4 is 49.1 Å². The van der Waals surface area contributed by atoms with E-state index in [-0.39, 0.29) is 0 Å². The van der Waals surface area contributed by atoms with E-state index in [1.807, 2.05) is 6.92 Å². The van der Waals surface area contributed by atoms with Crippen molar-refractivity contribution in [2.75, 3.05) is 11.9 Å². The Morgan fingerprint density at radius 3 is 2.65 bits per heavy atom. The highest BCUT2D eigenvalue weighted by molar-refractivity contribution is 9.12. The van der Waals surface area contributed by atoms with Crippen LogP contribution in [-0.2, 0) is 6.54 Å². The van der Waals surface area contributed by atoms with Gasteiger partial charge in [0.05, 0.1) is 7.57 Å². The molecule has 2 aromatic heterocycles. The molecular formula is C10H12Br2N4S. The second-order valence-corrected chi connectivity index (χ2v) is 7.11. The van der Waals surface area contributed by atoms with Gasteiger partial charge < -0.3 is 5.32 Å². The van der Waals surface area contributed by atoms with Crippen LogP contribution >= 0.6 is 43.2 Å². The molecule has 1 N–H and O–H groups in total. The van der Waals surface area contributed by atoms with Gasteiger partial charge in [0.15, 0.2) is 5.82 Å². The summed E-state index contributed by atoms with van der Waals surface area (Å²) in [5.41, 5.74) is 1.07. The third-order valence-corrected chi connectivity index (χ3v) is 4.64. The topological polar surface area (TPSA) is 42.7 Å². The molecule has 2 rings (SSSR count). The van der Waals surface area contributed by atoms with E-state index in [4.69, 9.17) is 0 Å². The average molecular weight is 380 g/mol. The van der Waals surface area contributed by atoms with Crippen molar-refractivity contribution in [1.82, 2.24) is 14.8 Å². The Bertz CT molecular complexity index is 520. The maximum absolute atomic E-state index is 4.26. The number of thiophene rings is 1. The van der Waals surface area contributed by atoms with Crippen LogP contribution in [-0.4, -0.2) is 21.3 Å². The van der Waals surface area contributed by atoms with Gasteiger partial charge >= 0.3 is 0 Å². The first kappa shape index (κ1) is 13.0. The molecule has 0 fully saturated rings. The molecule has 0 aliphatic heterocycles. The second-order valence-electron chi connectivity index (χ2n) is 3.36. The van der Waals surface area contributed by atoms with Crippen LogP contribution in [0, 0.1) is 0 Å². The highest BCUT2D eigenvalue weighted by Gasteiger charge is 2.16. The first-order valence-corrected chi connectivity index (χ1v) is 7.69. The number of hydrogen-bond acceptors (Lipinski definition) is 4. The molecule has 0 aromatic carbocycles. The summed E-state index contributed by atoms with van der Waals surface area (Å²) >= 11 is 8.67. The molecule has 2 heterocycles. The van der Waals surface area contributed by atoms with Crippen LogP contribution in [0.4, 0.5) is 5.95 Å². The van der Waals surface area contributed by atoms with Crippen LogP contribution in [0.1, 0.15) is 13.8 Å². The number of rotatable bonds is 4. The van der Waals surface area contributed by atoms with Gasteiger partial charge in [-0.25, -0.2) is 0 Å². The van der Waals surface area contributed by atoms with Crippen molar-refractivity contribution in [2.24, 2.45) is 0 Å². The number of nitrogens with zero attached hydrogens (tertiary/aromatic N) is 3. The number of anilines is 1. The van der Waals surface area contributed by atoms with Crippen LogP contribution in [0.25, 0.3) is 11.4 Å². The Morgan fingerprint density at radius 2 is 2.12 bits per heavy atom. The van der Waals surface area contributed by atoms with Gasteiger partial charge in [0.1, 0.15) is 0 Å². The zero-order chi connectivity index (χ0) is 12.4. The lowest BCUT2D eigenvalue weighted by molar-refractivity contribution is 0.770. The van der Waals surface area contributed by atoms with E-state index in [0.717, 1.165) is 38.0 Å². The molecule has 0 aliphatic carbocycles. The van der Waals surface area contributed by atoms with Crippen LogP contribution < -0.4 is 5.32 Å². The Hall–Kier alpha value is -0.400. The molecule has 92 valence electrons. The smallest absolute Gasteiger partial charge is 0.224 e. The van der Waals surface area contributed by atoms with Gasteiger partial charge in [0, 0.05) is 18.7 Å². The fraction of sp³-hybridized carbons (Fsp3) is 0.400. The minimum Gasteiger partial charge on any atom is -0.355 e. The SMILES string of the molecule is CCNc1nnc(-c2cc(Br)sc2Br)n1CC. The third-order valence-electron chi connectivity index (χ3n) is 2.30. The predicted molar refractivity (Wildman–Crippen MR) is 78.6 cm³/mol. The van der Waals surface area contributed by atoms with Crippen molar-refractivity contribution in [2.45, 2.75) is 20.4 Å². The molecule has 0 unspecified atom stereocenters. The van der Waals surface area contributed by atoms with E-state index in [0.29, 0.717) is 0 Å². The lowest BCUT2D eigenvalue weighted by Gasteiger charge is -2.07. The summed E-state index contributed by atoms with van der Waals surface area (Å²) in [5, 5.41) is 11.6. The summed E-state index contributed by atoms with van der Waals surface area (Å²) in [6, 6.07) is 2.06. The molecule has 2 aromatic rings. The summed E-state index contributed by atoms with van der Waals surface area (Å²) < 4.78 is 4.22. The predicted octanol–water partition coefficient (Wildman–Crippen LogP) is 3.98. The van der Waals surface area contributed by atoms with Gasteiger partial charge in [0.2, 0.25) is 5.95 Å². The van der Waals surface area contributed by atoms with Crippen LogP contribution in [0.2, 0.25) is 0 Å². The molecular weight excluding hydrogens is 368 g/mol. The Labute approximate surface area is 121 Å². The first-order chi connectivity index (χ1) is 8.17. The fourth-order valence-corrected chi connectivity index (χ4v) is 4.37. The largest absolute Gasteiger partial charge is 0.355 e. The molecule has 4 nitrogen and oxygen atoms in total. The monoisotopic (exact) mass is 378 g/mol. The molecule has 17 heavy (non-hydrogen) atoms. The van der Waals surface area contributed by atoms with Crippen molar-refractivity contribution in [1.29, 1.82) is 0 Å². The molecule has 7 heteroatoms. The van der Waals surface area contributed by atoms with Crippen molar-refractivity contribution in [3.8, 4) is 11.4 Å². The van der Waals surface area contributed by atoms with Crippen LogP contribution in [0.5, 0.6) is 0 Å². The Balaban J connectivity index is 2.48. The molecule has 0 saturated heterocycles. The maximum Gasteiger partial charge on any atom is 0.224 e. The standard InChI is InChI=1S/C10H12Br2N4S/c1-3-13-10-15-14-9(16(10)4-2)6-5-7(11)17-8(6)12/h5H,3-4H2,1-2H3,(H,13,15). The molecule has 0 amide bonds. The van der Waals surface area contributed by atoms with Gasteiger partial charge in [-0.3, -0.25) is 4.57 Å². The van der Waals surface area contributed by atoms with E-state index in [2.05, 4.69) is 64.9 Å². The minimum atomic E-state index is 0.819. The highest BCUT2D eigenvalue weighted by Crippen LogP contribution is 2.38. The zero-order valence-corrected chi connectivity index (χ0v) is 13.5. The van der Waals surface area contributed by atoms with Gasteiger partial charge in [-0.05, 0) is 51.8 Å². The summed E-state index contributed by atoms with van der Waals surface area (Å²) in [6.45, 7) is 5.81. The normalized spacial score (nSPS) is 10.8. The fourth-order valence-electron chi connectivity index (χ4n) is 1.58. The van der Waals surface area contributed by atoms with Crippen molar-refractivity contribution in [3.63, 3.8) is 0 Å². The quantitative estimate of drug-likeness (QED) is 0.873. The van der Waals surface area contributed by atoms with E-state index in [9.17, 15) is 0 Å². The maximum atomic E-state index is 4.26. The van der Waals surface area contributed by atoms with Crippen LogP contribution in [0.15, 0.2) is 13.6 Å². The summed E-state index contributed by atoms with van der Waals surface area (Å²) in [6.07, 6.45) is 0. The lowest BCUT2D eigenvalue weighted by Crippen LogP contribution is -2.06. The molecule has 0 radical (unpaired) electrons. The molecule has 0 aliphatic rings. The third kappa shape index (κ3) is 2.56. The highest BCUT2D eigenvalue weighted by atomic mass is 79.9. The van der Waals surface area contributed by atoms with Crippen molar-refractivity contribution < 1.29 is 0 Å². The number of nitrogens with one attached hydrogen (secondary N) is 1. The number of halogens is 2. The van der Waals surface area contributed by atoms with E-state index < -0.39 is 0 Å². The molecule has 0 spiro atoms. The van der Waals surface area contributed by atoms with Crippen LogP contribution in [0.3, 0.4) is 0 Å². The van der Waals surface area contributed by atoms with Gasteiger partial charge in [-0.2, -0.15) is 0 Å². The summed E-state index contributed by atoms with van der Waals surface area (Å²) in [4.78, 5) is 0. The zero-order valence-electron chi connectivity index (χ0n) is 9.50. The first-order valence-electron chi connectivity index (χ1n) is 5.29. The van der Waals surface area contributed by atoms with Crippen molar-refractivity contribution in [3.05, 3.63) is 13.6 Å². The molecule has 0 saturated carbocycles. The number of aromatic nitrogens is 3. The number of hydrogen-bond donors (Lipinski definition) is 1. The van der Waals surface area contributed by atoms with E-state index in [1.54, 1.807) is 11.3 Å². The lowest BCUT2D eigenvalue weighted by atomic mass is 10.3. The van der Waals surface area contributed by atoms with E-state index >= 15 is 0 Å². The Kier molecular flexibility index (Phi) is 4.22.